The van der Waals surface area contributed by atoms with Crippen molar-refractivity contribution in [2.75, 3.05) is 40.0 Å². The highest BCUT2D eigenvalue weighted by Crippen LogP contribution is 2.20. The van der Waals surface area contributed by atoms with Crippen molar-refractivity contribution in [1.29, 1.82) is 0 Å². The van der Waals surface area contributed by atoms with Gasteiger partial charge in [-0.25, -0.2) is 0 Å². The van der Waals surface area contributed by atoms with Crippen LogP contribution in [-0.4, -0.2) is 59.6 Å². The van der Waals surface area contributed by atoms with E-state index in [1.807, 2.05) is 6.92 Å². The Labute approximate surface area is 80.0 Å². The number of hydrogen-bond acceptors (Lipinski definition) is 4. The second kappa shape index (κ2) is 3.75. The van der Waals surface area contributed by atoms with Gasteiger partial charge in [0.25, 0.3) is 0 Å². The van der Waals surface area contributed by atoms with Gasteiger partial charge in [0.1, 0.15) is 0 Å². The number of nitrogens with zero attached hydrogens (tertiary/aromatic N) is 4. The second-order valence-electron chi connectivity index (χ2n) is 3.94. The van der Waals surface area contributed by atoms with Crippen molar-refractivity contribution in [3.8, 4) is 0 Å². The summed E-state index contributed by atoms with van der Waals surface area (Å²) in [4.78, 5) is 9.88. The summed E-state index contributed by atoms with van der Waals surface area (Å²) in [6, 6.07) is 0. The fourth-order valence-electron chi connectivity index (χ4n) is 2.23. The fraction of sp³-hybridized carbons (Fsp3) is 0.778. The van der Waals surface area contributed by atoms with Crippen LogP contribution in [0.4, 0.5) is 0 Å². The molecule has 0 unspecified atom stereocenters. The molecule has 0 aliphatic carbocycles. The summed E-state index contributed by atoms with van der Waals surface area (Å²) in [5.74, 6) is 0. The van der Waals surface area contributed by atoms with Crippen molar-refractivity contribution in [1.82, 2.24) is 19.6 Å². The summed E-state index contributed by atoms with van der Waals surface area (Å²) in [7, 11) is 0. The molecule has 4 saturated heterocycles. The monoisotopic (exact) mass is 182 g/mol. The van der Waals surface area contributed by atoms with E-state index >= 15 is 0 Å². The maximum atomic E-state index is 3.36. The Morgan fingerprint density at radius 1 is 0.769 bits per heavy atom. The van der Waals surface area contributed by atoms with Gasteiger partial charge in [0.2, 0.25) is 0 Å². The van der Waals surface area contributed by atoms with Gasteiger partial charge in [0.15, 0.2) is 0 Å². The highest BCUT2D eigenvalue weighted by Gasteiger charge is 2.36. The van der Waals surface area contributed by atoms with E-state index in [9.17, 15) is 0 Å². The first-order valence-corrected chi connectivity index (χ1v) is 4.78. The van der Waals surface area contributed by atoms with Crippen molar-refractivity contribution in [2.24, 2.45) is 0 Å². The second-order valence-corrected chi connectivity index (χ2v) is 3.94. The van der Waals surface area contributed by atoms with Crippen molar-refractivity contribution in [2.45, 2.75) is 6.92 Å². The molecule has 4 aliphatic heterocycles. The van der Waals surface area contributed by atoms with Gasteiger partial charge in [-0.1, -0.05) is 6.08 Å². The first-order valence-electron chi connectivity index (χ1n) is 4.78. The van der Waals surface area contributed by atoms with Crippen LogP contribution in [-0.2, 0) is 0 Å². The lowest BCUT2D eigenvalue weighted by molar-refractivity contribution is -0.194. The molecule has 4 heteroatoms. The molecule has 4 fully saturated rings. The van der Waals surface area contributed by atoms with Gasteiger partial charge in [0.05, 0.1) is 40.0 Å². The maximum absolute atomic E-state index is 3.36. The molecule has 0 radical (unpaired) electrons. The van der Waals surface area contributed by atoms with Crippen molar-refractivity contribution < 1.29 is 0 Å². The summed E-state index contributed by atoms with van der Waals surface area (Å²) in [5.41, 5.74) is 0. The van der Waals surface area contributed by atoms with Crippen LogP contribution in [0, 0.1) is 0 Å². The third-order valence-corrected chi connectivity index (χ3v) is 2.40. The maximum Gasteiger partial charge on any atom is 0.0555 e. The van der Waals surface area contributed by atoms with Crippen molar-refractivity contribution >= 4 is 0 Å². The van der Waals surface area contributed by atoms with Crippen LogP contribution >= 0.6 is 0 Å². The van der Waals surface area contributed by atoms with Crippen molar-refractivity contribution in [3.05, 3.63) is 12.7 Å². The van der Waals surface area contributed by atoms with E-state index in [-0.39, 0.29) is 0 Å². The topological polar surface area (TPSA) is 13.0 Å². The van der Waals surface area contributed by atoms with Gasteiger partial charge < -0.3 is 0 Å². The minimum absolute atomic E-state index is 1.19. The Balaban J connectivity index is 0.000000196. The molecule has 0 amide bonds. The predicted molar refractivity (Wildman–Crippen MR) is 52.4 cm³/mol. The predicted octanol–water partition coefficient (Wildman–Crippen LogP) is 0.172. The summed E-state index contributed by atoms with van der Waals surface area (Å²) < 4.78 is 0. The third-order valence-electron chi connectivity index (χ3n) is 2.40. The third kappa shape index (κ3) is 1.91. The Morgan fingerprint density at radius 2 is 0.923 bits per heavy atom. The van der Waals surface area contributed by atoms with E-state index in [2.05, 4.69) is 26.2 Å². The summed E-state index contributed by atoms with van der Waals surface area (Å²) >= 11 is 0. The van der Waals surface area contributed by atoms with Crippen LogP contribution in [0.25, 0.3) is 0 Å². The Hall–Kier alpha value is -0.420. The number of rotatable bonds is 0. The minimum atomic E-state index is 1.19. The molecule has 4 rings (SSSR count). The first kappa shape index (κ1) is 9.15. The molecule has 13 heavy (non-hydrogen) atoms. The van der Waals surface area contributed by atoms with E-state index in [4.69, 9.17) is 0 Å². The van der Waals surface area contributed by atoms with Crippen LogP contribution < -0.4 is 0 Å². The quantitative estimate of drug-likeness (QED) is 0.495. The minimum Gasteiger partial charge on any atom is -0.264 e. The molecule has 0 N–H and O–H groups in total. The van der Waals surface area contributed by atoms with Gasteiger partial charge in [0, 0.05) is 0 Å². The Morgan fingerprint density at radius 3 is 1.08 bits per heavy atom. The molecule has 4 bridgehead atoms. The lowest BCUT2D eigenvalue weighted by Crippen LogP contribution is -2.71. The molecule has 0 spiro atoms. The smallest absolute Gasteiger partial charge is 0.0555 e. The van der Waals surface area contributed by atoms with E-state index in [1.165, 1.54) is 40.0 Å². The van der Waals surface area contributed by atoms with Gasteiger partial charge in [-0.15, -0.1) is 6.58 Å². The molecular weight excluding hydrogens is 164 g/mol. The molecular formula is C9H18N4. The van der Waals surface area contributed by atoms with E-state index in [0.717, 1.165) is 0 Å². The summed E-state index contributed by atoms with van der Waals surface area (Å²) in [6.45, 7) is 12.4. The van der Waals surface area contributed by atoms with E-state index in [0.29, 0.717) is 0 Å². The summed E-state index contributed by atoms with van der Waals surface area (Å²) in [5, 5.41) is 0. The lowest BCUT2D eigenvalue weighted by atomic mass is 10.4. The Bertz CT molecular complexity index is 136. The molecule has 0 aromatic rings. The van der Waals surface area contributed by atoms with Gasteiger partial charge in [-0.05, 0) is 6.92 Å². The Kier molecular flexibility index (Phi) is 2.64. The zero-order chi connectivity index (χ0) is 9.26. The lowest BCUT2D eigenvalue weighted by Gasteiger charge is -2.56. The van der Waals surface area contributed by atoms with Crippen LogP contribution in [0.1, 0.15) is 6.92 Å². The van der Waals surface area contributed by atoms with Crippen LogP contribution in [0.2, 0.25) is 0 Å². The largest absolute Gasteiger partial charge is 0.264 e. The van der Waals surface area contributed by atoms with Gasteiger partial charge >= 0.3 is 0 Å². The average Bonchev–Trinajstić information content (AvgIpc) is 2.01. The van der Waals surface area contributed by atoms with Crippen LogP contribution in [0.3, 0.4) is 0 Å². The highest BCUT2D eigenvalue weighted by atomic mass is 15.7. The molecule has 0 aromatic carbocycles. The molecule has 0 saturated carbocycles. The number of allylic oxidation sites excluding steroid dienone is 1. The SMILES string of the molecule is C1N2CN3CN1CN(C2)C3.C=CC. The summed E-state index contributed by atoms with van der Waals surface area (Å²) in [6.07, 6.45) is 1.75. The average molecular weight is 182 g/mol. The zero-order valence-corrected chi connectivity index (χ0v) is 8.32. The molecule has 4 heterocycles. The van der Waals surface area contributed by atoms with Crippen molar-refractivity contribution in [3.63, 3.8) is 0 Å². The molecule has 4 aliphatic rings. The molecule has 0 atom stereocenters. The highest BCUT2D eigenvalue weighted by molar-refractivity contribution is 4.79. The molecule has 0 aromatic heterocycles. The first-order chi connectivity index (χ1) is 6.31. The van der Waals surface area contributed by atoms with Crippen LogP contribution in [0.15, 0.2) is 12.7 Å². The zero-order valence-electron chi connectivity index (χ0n) is 8.32. The fourth-order valence-corrected chi connectivity index (χ4v) is 2.23. The van der Waals surface area contributed by atoms with E-state index in [1.54, 1.807) is 6.08 Å². The van der Waals surface area contributed by atoms with E-state index < -0.39 is 0 Å². The molecule has 4 nitrogen and oxygen atoms in total. The molecule has 74 valence electrons. The number of hydrogen-bond donors (Lipinski definition) is 0. The van der Waals surface area contributed by atoms with Crippen LogP contribution in [0.5, 0.6) is 0 Å². The van der Waals surface area contributed by atoms with Gasteiger partial charge in [-0.3, -0.25) is 19.6 Å². The normalized spacial score (nSPS) is 45.3. The van der Waals surface area contributed by atoms with Gasteiger partial charge in [-0.2, -0.15) is 0 Å². The standard InChI is InChI=1S/C6H12N4.C3H6/c1-7-2-9-4-8(1)5-10(3-7)6-9;1-3-2/h1-6H2;3H,1H2,2H3.